The highest BCUT2D eigenvalue weighted by Crippen LogP contribution is 2.34. The zero-order valence-corrected chi connectivity index (χ0v) is 23.5. The number of halogens is 12. The van der Waals surface area contributed by atoms with Gasteiger partial charge in [-0.3, -0.25) is 0 Å². The summed E-state index contributed by atoms with van der Waals surface area (Å²) < 4.78 is 174. The van der Waals surface area contributed by atoms with E-state index in [2.05, 4.69) is 0 Å². The summed E-state index contributed by atoms with van der Waals surface area (Å²) in [4.78, 5) is 0. The van der Waals surface area contributed by atoms with E-state index < -0.39 is 114 Å². The minimum Gasteiger partial charge on any atom is -0.206 e. The van der Waals surface area contributed by atoms with Crippen LogP contribution in [-0.4, -0.2) is 0 Å². The Morgan fingerprint density at radius 3 is 1.04 bits per heavy atom. The van der Waals surface area contributed by atoms with Crippen molar-refractivity contribution in [1.82, 2.24) is 0 Å². The maximum absolute atomic E-state index is 14.9. The monoisotopic (exact) mass is 664 g/mol. The number of benzene rings is 5. The van der Waals surface area contributed by atoms with Crippen molar-refractivity contribution in [2.45, 2.75) is 6.92 Å². The first-order valence-electron chi connectivity index (χ1n) is 13.3. The van der Waals surface area contributed by atoms with E-state index in [4.69, 9.17) is 0 Å². The molecule has 0 aliphatic rings. The van der Waals surface area contributed by atoms with Gasteiger partial charge < -0.3 is 0 Å². The van der Waals surface area contributed by atoms with Crippen LogP contribution in [0.5, 0.6) is 0 Å². The second-order valence-corrected chi connectivity index (χ2v) is 10.1. The first-order chi connectivity index (χ1) is 22.2. The zero-order valence-electron chi connectivity index (χ0n) is 23.5. The van der Waals surface area contributed by atoms with Crippen molar-refractivity contribution in [3.63, 3.8) is 0 Å². The minimum atomic E-state index is -1.83. The quantitative estimate of drug-likeness (QED) is 0.0963. The van der Waals surface area contributed by atoms with E-state index in [1.807, 2.05) is 0 Å². The predicted octanol–water partition coefficient (Wildman–Crippen LogP) is 11.3. The third-order valence-electron chi connectivity index (χ3n) is 7.20. The van der Waals surface area contributed by atoms with Crippen LogP contribution in [0.4, 0.5) is 52.7 Å². The lowest BCUT2D eigenvalue weighted by Crippen LogP contribution is -2.03. The molecule has 0 bridgehead atoms. The molecule has 0 fully saturated rings. The highest BCUT2D eigenvalue weighted by molar-refractivity contribution is 5.77. The van der Waals surface area contributed by atoms with E-state index in [0.717, 1.165) is 6.92 Å². The smallest absolute Gasteiger partial charge is 0.170 e. The number of rotatable bonds is 6. The van der Waals surface area contributed by atoms with Gasteiger partial charge in [0.1, 0.15) is 23.3 Å². The summed E-state index contributed by atoms with van der Waals surface area (Å²) in [6.45, 7) is 0.781. The van der Waals surface area contributed by atoms with Gasteiger partial charge in [0, 0.05) is 16.7 Å². The average molecular weight is 664 g/mol. The molecule has 0 saturated heterocycles. The highest BCUT2D eigenvalue weighted by atomic mass is 19.2. The second-order valence-electron chi connectivity index (χ2n) is 10.1. The maximum Gasteiger partial charge on any atom is 0.170 e. The van der Waals surface area contributed by atoms with Crippen molar-refractivity contribution in [1.29, 1.82) is 0 Å². The van der Waals surface area contributed by atoms with Crippen molar-refractivity contribution >= 4 is 24.3 Å². The molecule has 0 radical (unpaired) electrons. The lowest BCUT2D eigenvalue weighted by atomic mass is 9.98. The Hall–Kier alpha value is -5.26. The van der Waals surface area contributed by atoms with Gasteiger partial charge in [-0.2, -0.15) is 0 Å². The topological polar surface area (TPSA) is 0 Å². The molecule has 0 aliphatic heterocycles. The van der Waals surface area contributed by atoms with E-state index in [1.165, 1.54) is 30.3 Å². The van der Waals surface area contributed by atoms with E-state index in [-0.39, 0.29) is 5.56 Å². The molecule has 0 atom stereocenters. The molecule has 5 aromatic rings. The maximum atomic E-state index is 14.9. The van der Waals surface area contributed by atoms with Crippen LogP contribution >= 0.6 is 0 Å². The fourth-order valence-electron chi connectivity index (χ4n) is 4.71. The second kappa shape index (κ2) is 12.9. The van der Waals surface area contributed by atoms with Crippen molar-refractivity contribution in [2.75, 3.05) is 0 Å². The Bertz CT molecular complexity index is 2010. The summed E-state index contributed by atoms with van der Waals surface area (Å²) in [7, 11) is 0. The van der Waals surface area contributed by atoms with Gasteiger partial charge in [-0.1, -0.05) is 30.3 Å². The Labute approximate surface area is 258 Å². The Morgan fingerprint density at radius 1 is 0.362 bits per heavy atom. The van der Waals surface area contributed by atoms with Crippen molar-refractivity contribution in [2.24, 2.45) is 0 Å². The molecule has 5 aromatic carbocycles. The van der Waals surface area contributed by atoms with Crippen molar-refractivity contribution < 1.29 is 52.7 Å². The first kappa shape index (κ1) is 33.1. The van der Waals surface area contributed by atoms with E-state index >= 15 is 0 Å². The lowest BCUT2D eigenvalue weighted by molar-refractivity contribution is 0.442. The van der Waals surface area contributed by atoms with Gasteiger partial charge in [0.25, 0.3) is 0 Å². The number of hydrogen-bond acceptors (Lipinski definition) is 0. The molecule has 0 heterocycles. The Morgan fingerprint density at radius 2 is 0.681 bits per heavy atom. The molecule has 0 spiro atoms. The molecule has 47 heavy (non-hydrogen) atoms. The molecule has 0 aliphatic carbocycles. The standard InChI is InChI=1S/C35H16F12/c1-15-28(40)30(42)21(31(43)29(15)41)9-7-19-23(36)11-17(12-24(19)37)18-13-25(38)20(26(39)14-18)8-10-22-32(44)34(46)27(35(47)33(22)45)16-5-3-2-4-6-16/h2-14H,1H3/b9-7+,10-8+. The highest BCUT2D eigenvalue weighted by Gasteiger charge is 2.26. The van der Waals surface area contributed by atoms with Gasteiger partial charge in [-0.05, 0) is 72.2 Å². The predicted molar refractivity (Wildman–Crippen MR) is 152 cm³/mol. The summed E-state index contributed by atoms with van der Waals surface area (Å²) in [5, 5.41) is 0. The van der Waals surface area contributed by atoms with Crippen LogP contribution in [0.25, 0.3) is 46.6 Å². The summed E-state index contributed by atoms with van der Waals surface area (Å²) >= 11 is 0. The molecule has 0 nitrogen and oxygen atoms in total. The third-order valence-corrected chi connectivity index (χ3v) is 7.20. The summed E-state index contributed by atoms with van der Waals surface area (Å²) in [5.74, 6) is -19.8. The summed E-state index contributed by atoms with van der Waals surface area (Å²) in [5.41, 5.74) is -7.35. The summed E-state index contributed by atoms with van der Waals surface area (Å²) in [6, 6.07) is 9.08. The molecule has 5 rings (SSSR count). The van der Waals surface area contributed by atoms with Crippen LogP contribution in [0.2, 0.25) is 0 Å². The molecule has 12 heteroatoms. The van der Waals surface area contributed by atoms with Crippen LogP contribution in [0, 0.1) is 76.7 Å². The van der Waals surface area contributed by atoms with Crippen molar-refractivity contribution in [3.8, 4) is 22.3 Å². The lowest BCUT2D eigenvalue weighted by Gasteiger charge is -2.11. The average Bonchev–Trinajstić information content (AvgIpc) is 3.04. The molecule has 240 valence electrons. The van der Waals surface area contributed by atoms with Crippen LogP contribution in [0.15, 0.2) is 54.6 Å². The molecular weight excluding hydrogens is 648 g/mol. The van der Waals surface area contributed by atoms with Gasteiger partial charge in [-0.25, -0.2) is 52.7 Å². The molecular formula is C35H16F12. The first-order valence-corrected chi connectivity index (χ1v) is 13.3. The molecule has 0 unspecified atom stereocenters. The van der Waals surface area contributed by atoms with Gasteiger partial charge in [0.2, 0.25) is 0 Å². The Balaban J connectivity index is 1.47. The molecule has 0 saturated carbocycles. The molecule has 0 aromatic heterocycles. The fourth-order valence-corrected chi connectivity index (χ4v) is 4.71. The van der Waals surface area contributed by atoms with Gasteiger partial charge in [-0.15, -0.1) is 0 Å². The van der Waals surface area contributed by atoms with Crippen LogP contribution < -0.4 is 0 Å². The van der Waals surface area contributed by atoms with Gasteiger partial charge in [0.05, 0.1) is 16.7 Å². The zero-order chi connectivity index (χ0) is 34.3. The Kier molecular flexibility index (Phi) is 9.06. The normalized spacial score (nSPS) is 11.8. The van der Waals surface area contributed by atoms with Crippen molar-refractivity contribution in [3.05, 3.63) is 152 Å². The van der Waals surface area contributed by atoms with Crippen LogP contribution in [0.3, 0.4) is 0 Å². The fraction of sp³-hybridized carbons (Fsp3) is 0.0286. The van der Waals surface area contributed by atoms with Crippen LogP contribution in [0.1, 0.15) is 27.8 Å². The minimum absolute atomic E-state index is 0.166. The van der Waals surface area contributed by atoms with Gasteiger partial charge in [0.15, 0.2) is 46.5 Å². The third kappa shape index (κ3) is 6.02. The van der Waals surface area contributed by atoms with E-state index in [0.29, 0.717) is 48.6 Å². The van der Waals surface area contributed by atoms with E-state index in [9.17, 15) is 52.7 Å². The van der Waals surface area contributed by atoms with Gasteiger partial charge >= 0.3 is 0 Å². The molecule has 0 amide bonds. The van der Waals surface area contributed by atoms with Crippen LogP contribution in [-0.2, 0) is 0 Å². The van der Waals surface area contributed by atoms with E-state index in [1.54, 1.807) is 0 Å². The summed E-state index contributed by atoms with van der Waals surface area (Å²) in [6.07, 6.45) is 1.80. The number of hydrogen-bond donors (Lipinski definition) is 0. The largest absolute Gasteiger partial charge is 0.206 e. The molecule has 0 N–H and O–H groups in total. The SMILES string of the molecule is Cc1c(F)c(F)c(/C=C/c2c(F)cc(-c3cc(F)c(/C=C/c4c(F)c(F)c(-c5ccccc5)c(F)c4F)c(F)c3)cc2F)c(F)c1F.